The highest BCUT2D eigenvalue weighted by Gasteiger charge is 2.19. The van der Waals surface area contributed by atoms with E-state index in [4.69, 9.17) is 14.2 Å². The highest BCUT2D eigenvalue weighted by Crippen LogP contribution is 2.13. The lowest BCUT2D eigenvalue weighted by Gasteiger charge is -2.18. The van der Waals surface area contributed by atoms with Crippen LogP contribution in [0.4, 0.5) is 0 Å². The number of esters is 3. The molecule has 0 rings (SSSR count). The molecular formula is C47H84O6. The van der Waals surface area contributed by atoms with Crippen molar-refractivity contribution in [2.24, 2.45) is 0 Å². The largest absolute Gasteiger partial charge is 0.462 e. The molecule has 0 bridgehead atoms. The molecule has 0 aliphatic rings. The fraction of sp³-hybridized carbons (Fsp3) is 0.809. The number of carbonyl (C=O) groups excluding carboxylic acids is 3. The van der Waals surface area contributed by atoms with Crippen LogP contribution in [-0.4, -0.2) is 37.2 Å². The maximum atomic E-state index is 12.7. The second-order valence-electron chi connectivity index (χ2n) is 15.0. The number of unbranched alkanes of at least 4 members (excludes halogenated alkanes) is 23. The average molecular weight is 745 g/mol. The van der Waals surface area contributed by atoms with Gasteiger partial charge in [0.05, 0.1) is 0 Å². The van der Waals surface area contributed by atoms with Crippen LogP contribution in [0.5, 0.6) is 0 Å². The van der Waals surface area contributed by atoms with E-state index < -0.39 is 6.10 Å². The molecule has 0 aliphatic carbocycles. The van der Waals surface area contributed by atoms with Gasteiger partial charge in [-0.05, 0) is 70.6 Å². The first-order chi connectivity index (χ1) is 26.0. The molecule has 0 aromatic heterocycles. The Kier molecular flexibility index (Phi) is 40.5. The molecule has 53 heavy (non-hydrogen) atoms. The molecule has 0 aromatic carbocycles. The van der Waals surface area contributed by atoms with Crippen LogP contribution < -0.4 is 0 Å². The van der Waals surface area contributed by atoms with Gasteiger partial charge < -0.3 is 14.2 Å². The second-order valence-corrected chi connectivity index (χ2v) is 15.0. The predicted molar refractivity (Wildman–Crippen MR) is 224 cm³/mol. The smallest absolute Gasteiger partial charge is 0.306 e. The van der Waals surface area contributed by atoms with E-state index in [1.165, 1.54) is 96.3 Å². The van der Waals surface area contributed by atoms with Gasteiger partial charge in [0.1, 0.15) is 13.2 Å². The maximum absolute atomic E-state index is 12.7. The summed E-state index contributed by atoms with van der Waals surface area (Å²) in [5, 5.41) is 0. The molecule has 308 valence electrons. The van der Waals surface area contributed by atoms with Crippen LogP contribution >= 0.6 is 0 Å². The molecule has 6 heteroatoms. The van der Waals surface area contributed by atoms with Gasteiger partial charge in [0.25, 0.3) is 0 Å². The van der Waals surface area contributed by atoms with E-state index in [0.717, 1.165) is 89.9 Å². The maximum Gasteiger partial charge on any atom is 0.306 e. The third-order valence-electron chi connectivity index (χ3n) is 9.62. The van der Waals surface area contributed by atoms with E-state index >= 15 is 0 Å². The standard InChI is InChI=1S/C47H84O6/c1-4-7-10-13-16-18-20-22-24-26-28-31-34-37-40-46(49)52-43-44(42-51-45(48)39-36-33-30-15-12-9-6-3)53-47(50)41-38-35-32-29-27-25-23-21-19-17-14-11-8-5-2/h13,16,20-23,44H,4-12,14-15,17-19,24-43H2,1-3H3/b16-13-,22-20-,23-21-. The number of hydrogen-bond donors (Lipinski definition) is 0. The minimum atomic E-state index is -0.775. The summed E-state index contributed by atoms with van der Waals surface area (Å²) in [6.07, 6.45) is 47.0. The predicted octanol–water partition coefficient (Wildman–Crippen LogP) is 14.2. The molecule has 0 heterocycles. The molecule has 0 radical (unpaired) electrons. The van der Waals surface area contributed by atoms with Gasteiger partial charge in [-0.3, -0.25) is 14.4 Å². The first-order valence-corrected chi connectivity index (χ1v) is 22.5. The lowest BCUT2D eigenvalue weighted by atomic mass is 10.1. The van der Waals surface area contributed by atoms with Crippen LogP contribution in [0.3, 0.4) is 0 Å². The average Bonchev–Trinajstić information content (AvgIpc) is 3.15. The summed E-state index contributed by atoms with van der Waals surface area (Å²) in [7, 11) is 0. The van der Waals surface area contributed by atoms with Gasteiger partial charge >= 0.3 is 17.9 Å². The number of allylic oxidation sites excluding steroid dienone is 6. The Morgan fingerprint density at radius 2 is 0.698 bits per heavy atom. The lowest BCUT2D eigenvalue weighted by Crippen LogP contribution is -2.30. The molecular weight excluding hydrogens is 661 g/mol. The van der Waals surface area contributed by atoms with E-state index in [1.807, 2.05) is 0 Å². The van der Waals surface area contributed by atoms with Crippen LogP contribution in [0.15, 0.2) is 36.5 Å². The number of ether oxygens (including phenoxy) is 3. The van der Waals surface area contributed by atoms with Crippen molar-refractivity contribution < 1.29 is 28.6 Å². The highest BCUT2D eigenvalue weighted by atomic mass is 16.6. The van der Waals surface area contributed by atoms with Gasteiger partial charge in [0.15, 0.2) is 6.10 Å². The molecule has 1 unspecified atom stereocenters. The molecule has 0 saturated carbocycles. The Balaban J connectivity index is 4.34. The third-order valence-corrected chi connectivity index (χ3v) is 9.62. The summed E-state index contributed by atoms with van der Waals surface area (Å²) in [6, 6.07) is 0. The van der Waals surface area contributed by atoms with E-state index in [9.17, 15) is 14.4 Å². The van der Waals surface area contributed by atoms with Crippen molar-refractivity contribution in [3.8, 4) is 0 Å². The number of hydrogen-bond acceptors (Lipinski definition) is 6. The number of rotatable bonds is 40. The summed E-state index contributed by atoms with van der Waals surface area (Å²) >= 11 is 0. The summed E-state index contributed by atoms with van der Waals surface area (Å²) in [4.78, 5) is 37.6. The van der Waals surface area contributed by atoms with Crippen LogP contribution in [0.2, 0.25) is 0 Å². The summed E-state index contributed by atoms with van der Waals surface area (Å²) < 4.78 is 16.6. The second kappa shape index (κ2) is 42.4. The van der Waals surface area contributed by atoms with Gasteiger partial charge in [-0.2, -0.15) is 0 Å². The van der Waals surface area contributed by atoms with Gasteiger partial charge in [-0.1, -0.05) is 173 Å². The molecule has 0 amide bonds. The molecule has 6 nitrogen and oxygen atoms in total. The zero-order chi connectivity index (χ0) is 38.7. The molecule has 0 aromatic rings. The summed E-state index contributed by atoms with van der Waals surface area (Å²) in [5.74, 6) is -0.908. The molecule has 1 atom stereocenters. The van der Waals surface area contributed by atoms with Gasteiger partial charge in [0, 0.05) is 19.3 Å². The minimum Gasteiger partial charge on any atom is -0.462 e. The van der Waals surface area contributed by atoms with Gasteiger partial charge in [0.2, 0.25) is 0 Å². The zero-order valence-corrected chi connectivity index (χ0v) is 35.0. The molecule has 0 aliphatic heterocycles. The molecule has 0 spiro atoms. The fourth-order valence-electron chi connectivity index (χ4n) is 6.16. The van der Waals surface area contributed by atoms with Crippen molar-refractivity contribution in [3.05, 3.63) is 36.5 Å². The lowest BCUT2D eigenvalue weighted by molar-refractivity contribution is -0.167. The van der Waals surface area contributed by atoms with E-state index in [1.54, 1.807) is 0 Å². The van der Waals surface area contributed by atoms with Crippen LogP contribution in [-0.2, 0) is 28.6 Å². The first kappa shape index (κ1) is 50.6. The van der Waals surface area contributed by atoms with Crippen molar-refractivity contribution >= 4 is 17.9 Å². The zero-order valence-electron chi connectivity index (χ0n) is 35.0. The summed E-state index contributed by atoms with van der Waals surface area (Å²) in [6.45, 7) is 6.52. The molecule has 0 N–H and O–H groups in total. The Labute approximate surface area is 327 Å². The van der Waals surface area contributed by atoms with E-state index in [-0.39, 0.29) is 31.1 Å². The SMILES string of the molecule is CCCC/C=C\C/C=C\CCCCCCCC(=O)OCC(COC(=O)CCCCCCCCC)OC(=O)CCCCCCC/C=C\CCCCCCC. The van der Waals surface area contributed by atoms with Crippen molar-refractivity contribution in [2.75, 3.05) is 13.2 Å². The summed E-state index contributed by atoms with van der Waals surface area (Å²) in [5.41, 5.74) is 0. The molecule has 0 saturated heterocycles. The van der Waals surface area contributed by atoms with Crippen LogP contribution in [0, 0.1) is 0 Å². The molecule has 0 fully saturated rings. The van der Waals surface area contributed by atoms with Gasteiger partial charge in [-0.25, -0.2) is 0 Å². The minimum absolute atomic E-state index is 0.0792. The monoisotopic (exact) mass is 745 g/mol. The Hall–Kier alpha value is -2.37. The Bertz CT molecular complexity index is 907. The highest BCUT2D eigenvalue weighted by molar-refractivity contribution is 5.71. The normalized spacial score (nSPS) is 12.3. The van der Waals surface area contributed by atoms with E-state index in [2.05, 4.69) is 57.2 Å². The van der Waals surface area contributed by atoms with Gasteiger partial charge in [-0.15, -0.1) is 0 Å². The fourth-order valence-corrected chi connectivity index (χ4v) is 6.16. The van der Waals surface area contributed by atoms with Crippen molar-refractivity contribution in [1.82, 2.24) is 0 Å². The van der Waals surface area contributed by atoms with Crippen molar-refractivity contribution in [3.63, 3.8) is 0 Å². The topological polar surface area (TPSA) is 78.9 Å². The first-order valence-electron chi connectivity index (χ1n) is 22.5. The quantitative estimate of drug-likeness (QED) is 0.0269. The van der Waals surface area contributed by atoms with Crippen LogP contribution in [0.25, 0.3) is 0 Å². The number of carbonyl (C=O) groups is 3. The Morgan fingerprint density at radius 3 is 1.11 bits per heavy atom. The van der Waals surface area contributed by atoms with E-state index in [0.29, 0.717) is 19.3 Å². The van der Waals surface area contributed by atoms with Crippen molar-refractivity contribution in [1.29, 1.82) is 0 Å². The van der Waals surface area contributed by atoms with Crippen molar-refractivity contribution in [2.45, 2.75) is 232 Å². The van der Waals surface area contributed by atoms with Crippen LogP contribution in [0.1, 0.15) is 226 Å². The Morgan fingerprint density at radius 1 is 0.377 bits per heavy atom. The third kappa shape index (κ3) is 40.6.